The summed E-state index contributed by atoms with van der Waals surface area (Å²) in [4.78, 5) is 0. The van der Waals surface area contributed by atoms with Gasteiger partial charge in [-0.3, -0.25) is 0 Å². The van der Waals surface area contributed by atoms with Gasteiger partial charge in [-0.25, -0.2) is 0 Å². The minimum Gasteiger partial charge on any atom is -0.390 e. The quantitative estimate of drug-likeness (QED) is 0.662. The third kappa shape index (κ3) is 4.28. The first-order chi connectivity index (χ1) is 7.99. The highest BCUT2D eigenvalue weighted by molar-refractivity contribution is 4.93. The van der Waals surface area contributed by atoms with Gasteiger partial charge in [0.1, 0.15) is 0 Å². The highest BCUT2D eigenvalue weighted by Crippen LogP contribution is 2.43. The zero-order valence-electron chi connectivity index (χ0n) is 12.3. The highest BCUT2D eigenvalue weighted by atomic mass is 16.3. The Balaban J connectivity index is 2.52. The van der Waals surface area contributed by atoms with E-state index in [1.165, 1.54) is 38.5 Å². The SMILES string of the molecule is CCCCCCC1(O)CC(C)CCC1C(C)C. The summed E-state index contributed by atoms with van der Waals surface area (Å²) in [5, 5.41) is 11.0. The molecule has 1 N–H and O–H groups in total. The Morgan fingerprint density at radius 1 is 1.18 bits per heavy atom. The van der Waals surface area contributed by atoms with Crippen LogP contribution in [0.5, 0.6) is 0 Å². The molecule has 0 aromatic heterocycles. The van der Waals surface area contributed by atoms with Crippen LogP contribution in [-0.2, 0) is 0 Å². The Morgan fingerprint density at radius 3 is 2.47 bits per heavy atom. The van der Waals surface area contributed by atoms with Crippen molar-refractivity contribution >= 4 is 0 Å². The van der Waals surface area contributed by atoms with Crippen molar-refractivity contribution in [3.63, 3.8) is 0 Å². The minimum absolute atomic E-state index is 0.362. The predicted octanol–water partition coefficient (Wildman–Crippen LogP) is 4.78. The van der Waals surface area contributed by atoms with Crippen LogP contribution < -0.4 is 0 Å². The molecule has 0 amide bonds. The van der Waals surface area contributed by atoms with Crippen LogP contribution in [0.4, 0.5) is 0 Å². The molecule has 0 aromatic carbocycles. The molecule has 3 unspecified atom stereocenters. The first kappa shape index (κ1) is 15.0. The average Bonchev–Trinajstić information content (AvgIpc) is 2.23. The summed E-state index contributed by atoms with van der Waals surface area (Å²) in [5.41, 5.74) is -0.362. The predicted molar refractivity (Wildman–Crippen MR) is 75.1 cm³/mol. The van der Waals surface area contributed by atoms with E-state index in [0.717, 1.165) is 12.8 Å². The van der Waals surface area contributed by atoms with Gasteiger partial charge in [-0.2, -0.15) is 0 Å². The van der Waals surface area contributed by atoms with Crippen molar-refractivity contribution in [2.24, 2.45) is 17.8 Å². The number of unbranched alkanes of at least 4 members (excludes halogenated alkanes) is 3. The van der Waals surface area contributed by atoms with Gasteiger partial charge < -0.3 is 5.11 Å². The fourth-order valence-corrected chi connectivity index (χ4v) is 3.69. The van der Waals surface area contributed by atoms with E-state index in [2.05, 4.69) is 27.7 Å². The molecule has 0 bridgehead atoms. The molecule has 0 aromatic rings. The maximum atomic E-state index is 11.0. The number of hydrogen-bond donors (Lipinski definition) is 1. The Kier molecular flexibility index (Phi) is 5.99. The van der Waals surface area contributed by atoms with Gasteiger partial charge in [0, 0.05) is 0 Å². The molecule has 1 heteroatoms. The zero-order valence-corrected chi connectivity index (χ0v) is 12.3. The van der Waals surface area contributed by atoms with Crippen molar-refractivity contribution in [1.29, 1.82) is 0 Å². The van der Waals surface area contributed by atoms with Crippen molar-refractivity contribution in [1.82, 2.24) is 0 Å². The van der Waals surface area contributed by atoms with E-state index < -0.39 is 0 Å². The lowest BCUT2D eigenvalue weighted by molar-refractivity contribution is -0.0871. The molecule has 1 saturated carbocycles. The largest absolute Gasteiger partial charge is 0.390 e. The summed E-state index contributed by atoms with van der Waals surface area (Å²) in [5.74, 6) is 1.86. The van der Waals surface area contributed by atoms with Crippen LogP contribution in [0.25, 0.3) is 0 Å². The van der Waals surface area contributed by atoms with Gasteiger partial charge >= 0.3 is 0 Å². The molecule has 1 aliphatic rings. The van der Waals surface area contributed by atoms with Gasteiger partial charge in [0.2, 0.25) is 0 Å². The molecular weight excluding hydrogens is 208 g/mol. The van der Waals surface area contributed by atoms with E-state index in [9.17, 15) is 5.11 Å². The lowest BCUT2D eigenvalue weighted by Gasteiger charge is -2.45. The standard InChI is InChI=1S/C16H32O/c1-5-6-7-8-11-16(17)12-14(4)9-10-15(16)13(2)3/h13-15,17H,5-12H2,1-4H3. The van der Waals surface area contributed by atoms with E-state index >= 15 is 0 Å². The van der Waals surface area contributed by atoms with E-state index in [1.807, 2.05) is 0 Å². The summed E-state index contributed by atoms with van der Waals surface area (Å²) < 4.78 is 0. The van der Waals surface area contributed by atoms with Crippen LogP contribution in [0.3, 0.4) is 0 Å². The van der Waals surface area contributed by atoms with Crippen LogP contribution in [-0.4, -0.2) is 10.7 Å². The van der Waals surface area contributed by atoms with Gasteiger partial charge in [0.05, 0.1) is 5.60 Å². The topological polar surface area (TPSA) is 20.2 Å². The molecule has 0 radical (unpaired) electrons. The molecule has 1 rings (SSSR count). The molecule has 1 nitrogen and oxygen atoms in total. The lowest BCUT2D eigenvalue weighted by atomic mass is 9.65. The Bertz CT molecular complexity index is 212. The van der Waals surface area contributed by atoms with Crippen LogP contribution >= 0.6 is 0 Å². The first-order valence-corrected chi connectivity index (χ1v) is 7.72. The Labute approximate surface area is 108 Å². The van der Waals surface area contributed by atoms with E-state index in [0.29, 0.717) is 17.8 Å². The summed E-state index contributed by atoms with van der Waals surface area (Å²) in [6, 6.07) is 0. The zero-order chi connectivity index (χ0) is 12.9. The monoisotopic (exact) mass is 240 g/mol. The van der Waals surface area contributed by atoms with Crippen LogP contribution in [0, 0.1) is 17.8 Å². The molecule has 1 fully saturated rings. The lowest BCUT2D eigenvalue weighted by Crippen LogP contribution is -2.45. The summed E-state index contributed by atoms with van der Waals surface area (Å²) in [6.07, 6.45) is 9.68. The number of aliphatic hydroxyl groups is 1. The fraction of sp³-hybridized carbons (Fsp3) is 1.00. The number of hydrogen-bond acceptors (Lipinski definition) is 1. The van der Waals surface area contributed by atoms with Crippen molar-refractivity contribution in [3.8, 4) is 0 Å². The summed E-state index contributed by atoms with van der Waals surface area (Å²) in [7, 11) is 0. The van der Waals surface area contributed by atoms with Crippen LogP contribution in [0.2, 0.25) is 0 Å². The third-order valence-corrected chi connectivity index (χ3v) is 4.63. The van der Waals surface area contributed by atoms with Gasteiger partial charge in [0.15, 0.2) is 0 Å². The Hall–Kier alpha value is -0.0400. The van der Waals surface area contributed by atoms with E-state index in [1.54, 1.807) is 0 Å². The summed E-state index contributed by atoms with van der Waals surface area (Å²) in [6.45, 7) is 9.09. The Morgan fingerprint density at radius 2 is 1.88 bits per heavy atom. The van der Waals surface area contributed by atoms with Crippen molar-refractivity contribution in [3.05, 3.63) is 0 Å². The molecule has 0 saturated heterocycles. The van der Waals surface area contributed by atoms with Crippen LogP contribution in [0.15, 0.2) is 0 Å². The fourth-order valence-electron chi connectivity index (χ4n) is 3.69. The normalized spacial score (nSPS) is 34.2. The second-order valence-corrected chi connectivity index (χ2v) is 6.65. The minimum atomic E-state index is -0.362. The van der Waals surface area contributed by atoms with Gasteiger partial charge in [-0.15, -0.1) is 0 Å². The summed E-state index contributed by atoms with van der Waals surface area (Å²) >= 11 is 0. The molecular formula is C16H32O. The van der Waals surface area contributed by atoms with E-state index in [4.69, 9.17) is 0 Å². The third-order valence-electron chi connectivity index (χ3n) is 4.63. The van der Waals surface area contributed by atoms with Crippen LogP contribution in [0.1, 0.15) is 79.1 Å². The second-order valence-electron chi connectivity index (χ2n) is 6.65. The molecule has 0 aliphatic heterocycles. The van der Waals surface area contributed by atoms with Gasteiger partial charge in [-0.1, -0.05) is 59.8 Å². The molecule has 0 spiro atoms. The average molecular weight is 240 g/mol. The number of rotatable bonds is 6. The molecule has 0 heterocycles. The molecule has 17 heavy (non-hydrogen) atoms. The highest BCUT2D eigenvalue weighted by Gasteiger charge is 2.41. The first-order valence-electron chi connectivity index (χ1n) is 7.72. The maximum absolute atomic E-state index is 11.0. The van der Waals surface area contributed by atoms with Crippen molar-refractivity contribution in [2.75, 3.05) is 0 Å². The smallest absolute Gasteiger partial charge is 0.0680 e. The van der Waals surface area contributed by atoms with Crippen molar-refractivity contribution in [2.45, 2.75) is 84.7 Å². The molecule has 102 valence electrons. The second kappa shape index (κ2) is 6.78. The molecule has 1 aliphatic carbocycles. The van der Waals surface area contributed by atoms with Crippen molar-refractivity contribution < 1.29 is 5.11 Å². The van der Waals surface area contributed by atoms with E-state index in [-0.39, 0.29) is 5.60 Å². The van der Waals surface area contributed by atoms with Gasteiger partial charge in [-0.05, 0) is 37.0 Å². The molecule has 3 atom stereocenters. The van der Waals surface area contributed by atoms with Gasteiger partial charge in [0.25, 0.3) is 0 Å². The maximum Gasteiger partial charge on any atom is 0.0680 e.